The van der Waals surface area contributed by atoms with Crippen LogP contribution in [0.5, 0.6) is 0 Å². The summed E-state index contributed by atoms with van der Waals surface area (Å²) in [5.74, 6) is 0. The van der Waals surface area contributed by atoms with Gasteiger partial charge < -0.3 is 4.90 Å². The van der Waals surface area contributed by atoms with E-state index < -0.39 is 4.92 Å². The van der Waals surface area contributed by atoms with Crippen molar-refractivity contribution in [3.8, 4) is 0 Å². The summed E-state index contributed by atoms with van der Waals surface area (Å²) in [7, 11) is 1.88. The van der Waals surface area contributed by atoms with Crippen molar-refractivity contribution >= 4 is 17.7 Å². The van der Waals surface area contributed by atoms with Crippen LogP contribution in [0.2, 0.25) is 0 Å². The molecule has 0 amide bonds. The van der Waals surface area contributed by atoms with Crippen LogP contribution in [0, 0.1) is 10.1 Å². The number of nitro groups is 1. The second-order valence-corrected chi connectivity index (χ2v) is 4.46. The smallest absolute Gasteiger partial charge is 0.280 e. The van der Waals surface area contributed by atoms with Crippen molar-refractivity contribution in [2.75, 3.05) is 11.9 Å². The van der Waals surface area contributed by atoms with Crippen LogP contribution < -0.4 is 4.90 Å². The molecule has 0 aliphatic heterocycles. The number of benzene rings is 2. The number of anilines is 1. The van der Waals surface area contributed by atoms with Crippen LogP contribution in [0.1, 0.15) is 15.9 Å². The average molecular weight is 270 g/mol. The largest absolute Gasteiger partial charge is 0.370 e. The molecule has 2 rings (SSSR count). The standard InChI is InChI=1S/C15H14N2O3/c1-16(10-12-5-3-2-4-6-12)14-7-8-15(17(19)20)13(9-14)11-18/h2-9,11H,10H2,1H3. The number of carbonyl (C=O) groups excluding carboxylic acids is 1. The van der Waals surface area contributed by atoms with Crippen LogP contribution in [-0.2, 0) is 6.54 Å². The van der Waals surface area contributed by atoms with Crippen LogP contribution in [0.4, 0.5) is 11.4 Å². The van der Waals surface area contributed by atoms with E-state index in [0.717, 1.165) is 11.3 Å². The molecule has 0 radical (unpaired) electrons. The van der Waals surface area contributed by atoms with Gasteiger partial charge in [-0.05, 0) is 17.7 Å². The molecule has 0 fully saturated rings. The van der Waals surface area contributed by atoms with Crippen molar-refractivity contribution in [1.29, 1.82) is 0 Å². The summed E-state index contributed by atoms with van der Waals surface area (Å²) in [5, 5.41) is 10.8. The topological polar surface area (TPSA) is 63.4 Å². The highest BCUT2D eigenvalue weighted by Gasteiger charge is 2.14. The zero-order chi connectivity index (χ0) is 14.5. The van der Waals surface area contributed by atoms with Gasteiger partial charge >= 0.3 is 0 Å². The summed E-state index contributed by atoms with van der Waals surface area (Å²) in [4.78, 5) is 23.1. The average Bonchev–Trinajstić information content (AvgIpc) is 2.47. The molecule has 0 saturated carbocycles. The SMILES string of the molecule is CN(Cc1ccccc1)c1ccc([N+](=O)[O-])c(C=O)c1. The minimum atomic E-state index is -0.551. The van der Waals surface area contributed by atoms with Gasteiger partial charge in [-0.1, -0.05) is 30.3 Å². The lowest BCUT2D eigenvalue weighted by Gasteiger charge is -2.19. The van der Waals surface area contributed by atoms with Gasteiger partial charge in [0, 0.05) is 25.3 Å². The molecule has 0 aliphatic carbocycles. The third kappa shape index (κ3) is 3.00. The highest BCUT2D eigenvalue weighted by molar-refractivity contribution is 5.83. The van der Waals surface area contributed by atoms with Crippen LogP contribution in [-0.4, -0.2) is 18.3 Å². The van der Waals surface area contributed by atoms with Crippen molar-refractivity contribution in [2.24, 2.45) is 0 Å². The Hall–Kier alpha value is -2.69. The second-order valence-electron chi connectivity index (χ2n) is 4.46. The molecule has 102 valence electrons. The molecule has 0 unspecified atom stereocenters. The molecule has 20 heavy (non-hydrogen) atoms. The zero-order valence-electron chi connectivity index (χ0n) is 11.0. The number of rotatable bonds is 5. The quantitative estimate of drug-likeness (QED) is 0.476. The van der Waals surface area contributed by atoms with E-state index in [2.05, 4.69) is 0 Å². The van der Waals surface area contributed by atoms with Crippen LogP contribution in [0.25, 0.3) is 0 Å². The summed E-state index contributed by atoms with van der Waals surface area (Å²) in [6, 6.07) is 14.4. The van der Waals surface area contributed by atoms with Crippen LogP contribution in [0.3, 0.4) is 0 Å². The fraction of sp³-hybridized carbons (Fsp3) is 0.133. The summed E-state index contributed by atoms with van der Waals surface area (Å²) in [5.41, 5.74) is 1.81. The van der Waals surface area contributed by atoms with E-state index >= 15 is 0 Å². The van der Waals surface area contributed by atoms with Crippen molar-refractivity contribution in [1.82, 2.24) is 0 Å². The molecule has 2 aromatic rings. The van der Waals surface area contributed by atoms with Crippen molar-refractivity contribution in [2.45, 2.75) is 6.54 Å². The first-order valence-electron chi connectivity index (χ1n) is 6.10. The lowest BCUT2D eigenvalue weighted by Crippen LogP contribution is -2.16. The highest BCUT2D eigenvalue weighted by Crippen LogP contribution is 2.24. The maximum Gasteiger partial charge on any atom is 0.280 e. The molecule has 0 saturated heterocycles. The predicted octanol–water partition coefficient (Wildman–Crippen LogP) is 3.04. The summed E-state index contributed by atoms with van der Waals surface area (Å²) in [6.07, 6.45) is 0.512. The van der Waals surface area contributed by atoms with Gasteiger partial charge in [0.15, 0.2) is 6.29 Å². The molecular weight excluding hydrogens is 256 g/mol. The maximum atomic E-state index is 10.9. The van der Waals surface area contributed by atoms with Gasteiger partial charge in [0.2, 0.25) is 0 Å². The number of nitrogens with zero attached hydrogens (tertiary/aromatic N) is 2. The fourth-order valence-corrected chi connectivity index (χ4v) is 1.99. The molecule has 0 heterocycles. The number of aldehydes is 1. The Labute approximate surface area is 116 Å². The Kier molecular flexibility index (Phi) is 4.10. The molecule has 0 N–H and O–H groups in total. The molecule has 5 nitrogen and oxygen atoms in total. The van der Waals surface area contributed by atoms with Gasteiger partial charge in [-0.3, -0.25) is 14.9 Å². The Morgan fingerprint density at radius 1 is 1.20 bits per heavy atom. The van der Waals surface area contributed by atoms with Crippen molar-refractivity contribution < 1.29 is 9.72 Å². The molecule has 0 spiro atoms. The van der Waals surface area contributed by atoms with E-state index in [-0.39, 0.29) is 11.3 Å². The van der Waals surface area contributed by atoms with Gasteiger partial charge in [0.05, 0.1) is 10.5 Å². The minimum Gasteiger partial charge on any atom is -0.370 e. The number of hydrogen-bond acceptors (Lipinski definition) is 4. The number of nitro benzene ring substituents is 1. The Bertz CT molecular complexity index is 626. The van der Waals surface area contributed by atoms with E-state index in [0.29, 0.717) is 12.8 Å². The summed E-state index contributed by atoms with van der Waals surface area (Å²) < 4.78 is 0. The molecule has 0 atom stereocenters. The second kappa shape index (κ2) is 5.97. The third-order valence-electron chi connectivity index (χ3n) is 3.04. The molecule has 0 aromatic heterocycles. The normalized spacial score (nSPS) is 10.1. The molecule has 0 aliphatic rings. The van der Waals surface area contributed by atoms with Gasteiger partial charge in [0.25, 0.3) is 5.69 Å². The van der Waals surface area contributed by atoms with Gasteiger partial charge in [-0.15, -0.1) is 0 Å². The Morgan fingerprint density at radius 3 is 2.50 bits per heavy atom. The molecular formula is C15H14N2O3. The van der Waals surface area contributed by atoms with E-state index in [1.165, 1.54) is 12.1 Å². The predicted molar refractivity (Wildman–Crippen MR) is 77.0 cm³/mol. The third-order valence-corrected chi connectivity index (χ3v) is 3.04. The molecule has 0 bridgehead atoms. The van der Waals surface area contributed by atoms with Crippen molar-refractivity contribution in [3.63, 3.8) is 0 Å². The number of carbonyl (C=O) groups is 1. The Balaban J connectivity index is 2.24. The molecule has 5 heteroatoms. The fourth-order valence-electron chi connectivity index (χ4n) is 1.99. The van der Waals surface area contributed by atoms with E-state index in [9.17, 15) is 14.9 Å². The first kappa shape index (κ1) is 13.7. The minimum absolute atomic E-state index is 0.0902. The Morgan fingerprint density at radius 2 is 1.90 bits per heavy atom. The van der Waals surface area contributed by atoms with Gasteiger partial charge in [-0.25, -0.2) is 0 Å². The first-order valence-corrected chi connectivity index (χ1v) is 6.10. The lowest BCUT2D eigenvalue weighted by molar-refractivity contribution is -0.385. The summed E-state index contributed by atoms with van der Waals surface area (Å²) in [6.45, 7) is 0.664. The maximum absolute atomic E-state index is 10.9. The lowest BCUT2D eigenvalue weighted by atomic mass is 10.1. The zero-order valence-corrected chi connectivity index (χ0v) is 11.0. The first-order chi connectivity index (χ1) is 9.61. The van der Waals surface area contributed by atoms with Crippen molar-refractivity contribution in [3.05, 3.63) is 69.8 Å². The van der Waals surface area contributed by atoms with E-state index in [1.807, 2.05) is 42.3 Å². The highest BCUT2D eigenvalue weighted by atomic mass is 16.6. The van der Waals surface area contributed by atoms with Gasteiger partial charge in [-0.2, -0.15) is 0 Å². The van der Waals surface area contributed by atoms with Crippen LogP contribution in [0.15, 0.2) is 48.5 Å². The van der Waals surface area contributed by atoms with E-state index in [4.69, 9.17) is 0 Å². The molecule has 2 aromatic carbocycles. The monoisotopic (exact) mass is 270 g/mol. The van der Waals surface area contributed by atoms with Gasteiger partial charge in [0.1, 0.15) is 0 Å². The van der Waals surface area contributed by atoms with Crippen LogP contribution >= 0.6 is 0 Å². The van der Waals surface area contributed by atoms with E-state index in [1.54, 1.807) is 6.07 Å². The number of hydrogen-bond donors (Lipinski definition) is 0. The summed E-state index contributed by atoms with van der Waals surface area (Å²) >= 11 is 0.